The third-order valence-corrected chi connectivity index (χ3v) is 2.57. The molecule has 1 rings (SSSR count). The average Bonchev–Trinajstić information content (AvgIpc) is 2.17. The molecule has 0 aromatic heterocycles. The third-order valence-electron chi connectivity index (χ3n) is 2.57. The first-order valence-electron chi connectivity index (χ1n) is 5.09. The summed E-state index contributed by atoms with van der Waals surface area (Å²) in [5, 5.41) is 3.19. The van der Waals surface area contributed by atoms with E-state index in [-0.39, 0.29) is 0 Å². The number of anilines is 1. The molecule has 78 valence electrons. The second kappa shape index (κ2) is 5.01. The zero-order valence-electron chi connectivity index (χ0n) is 9.54. The number of hydrogen-bond donors (Lipinski definition) is 1. The lowest BCUT2D eigenvalue weighted by atomic mass is 10.2. The van der Waals surface area contributed by atoms with Gasteiger partial charge < -0.3 is 10.2 Å². The van der Waals surface area contributed by atoms with Crippen molar-refractivity contribution in [3.05, 3.63) is 29.8 Å². The molecule has 0 amide bonds. The Morgan fingerprint density at radius 2 is 2.14 bits per heavy atom. The molecule has 2 nitrogen and oxygen atoms in total. The molecule has 1 atom stereocenters. The Kier molecular flexibility index (Phi) is 3.96. The van der Waals surface area contributed by atoms with Gasteiger partial charge in [-0.25, -0.2) is 0 Å². The van der Waals surface area contributed by atoms with Crippen LogP contribution in [0.5, 0.6) is 0 Å². The van der Waals surface area contributed by atoms with Crippen molar-refractivity contribution >= 4 is 5.69 Å². The predicted molar refractivity (Wildman–Crippen MR) is 63.0 cm³/mol. The summed E-state index contributed by atoms with van der Waals surface area (Å²) >= 11 is 0. The van der Waals surface area contributed by atoms with Crippen molar-refractivity contribution in [3.8, 4) is 0 Å². The van der Waals surface area contributed by atoms with Gasteiger partial charge in [-0.15, -0.1) is 0 Å². The highest BCUT2D eigenvalue weighted by molar-refractivity contribution is 5.48. The summed E-state index contributed by atoms with van der Waals surface area (Å²) in [4.78, 5) is 2.30. The molecule has 1 aromatic rings. The summed E-state index contributed by atoms with van der Waals surface area (Å²) in [6, 6.07) is 9.11. The van der Waals surface area contributed by atoms with E-state index >= 15 is 0 Å². The van der Waals surface area contributed by atoms with Gasteiger partial charge in [0.15, 0.2) is 0 Å². The van der Waals surface area contributed by atoms with Crippen LogP contribution in [0.3, 0.4) is 0 Å². The molecule has 1 aromatic carbocycles. The molecular weight excluding hydrogens is 172 g/mol. The summed E-state index contributed by atoms with van der Waals surface area (Å²) in [6.07, 6.45) is 0. The van der Waals surface area contributed by atoms with Crippen molar-refractivity contribution in [2.24, 2.45) is 0 Å². The van der Waals surface area contributed by atoms with Gasteiger partial charge in [0.2, 0.25) is 0 Å². The van der Waals surface area contributed by atoms with Gasteiger partial charge in [0, 0.05) is 25.3 Å². The Morgan fingerprint density at radius 3 is 2.71 bits per heavy atom. The van der Waals surface area contributed by atoms with Crippen LogP contribution in [0.4, 0.5) is 5.69 Å². The number of benzene rings is 1. The zero-order chi connectivity index (χ0) is 10.6. The first-order valence-corrected chi connectivity index (χ1v) is 5.09. The molecule has 0 heterocycles. The lowest BCUT2D eigenvalue weighted by Crippen LogP contribution is -2.36. The number of nitrogens with one attached hydrogen (secondary N) is 1. The van der Waals surface area contributed by atoms with E-state index < -0.39 is 0 Å². The maximum Gasteiger partial charge on any atom is 0.0382 e. The van der Waals surface area contributed by atoms with Gasteiger partial charge in [0.25, 0.3) is 0 Å². The molecule has 0 bridgehead atoms. The van der Waals surface area contributed by atoms with Crippen LogP contribution in [-0.4, -0.2) is 26.7 Å². The van der Waals surface area contributed by atoms with Crippen molar-refractivity contribution in [2.45, 2.75) is 19.9 Å². The highest BCUT2D eigenvalue weighted by Gasteiger charge is 2.08. The highest BCUT2D eigenvalue weighted by atomic mass is 15.1. The van der Waals surface area contributed by atoms with Crippen LogP contribution in [0.2, 0.25) is 0 Å². The fourth-order valence-corrected chi connectivity index (χ4v) is 1.53. The fourth-order valence-electron chi connectivity index (χ4n) is 1.53. The molecule has 0 saturated heterocycles. The standard InChI is InChI=1S/C12H20N2/c1-10-6-5-7-12(8-10)14(4)11(2)9-13-3/h5-8,11,13H,9H2,1-4H3. The molecule has 0 aliphatic heterocycles. The van der Waals surface area contributed by atoms with Gasteiger partial charge in [-0.2, -0.15) is 0 Å². The van der Waals surface area contributed by atoms with Crippen molar-refractivity contribution in [1.29, 1.82) is 0 Å². The Morgan fingerprint density at radius 1 is 1.43 bits per heavy atom. The van der Waals surface area contributed by atoms with E-state index in [0.717, 1.165) is 6.54 Å². The minimum Gasteiger partial charge on any atom is -0.371 e. The molecule has 0 aliphatic rings. The molecule has 0 aliphatic carbocycles. The first kappa shape index (κ1) is 11.1. The molecule has 0 spiro atoms. The summed E-state index contributed by atoms with van der Waals surface area (Å²) < 4.78 is 0. The monoisotopic (exact) mass is 192 g/mol. The molecule has 0 radical (unpaired) electrons. The number of likely N-dealkylation sites (N-methyl/N-ethyl adjacent to an activating group) is 2. The summed E-state index contributed by atoms with van der Waals surface area (Å²) in [7, 11) is 4.12. The van der Waals surface area contributed by atoms with Gasteiger partial charge in [0.1, 0.15) is 0 Å². The minimum atomic E-state index is 0.516. The molecule has 1 unspecified atom stereocenters. The van der Waals surface area contributed by atoms with E-state index in [1.165, 1.54) is 11.3 Å². The lowest BCUT2D eigenvalue weighted by Gasteiger charge is -2.27. The quantitative estimate of drug-likeness (QED) is 0.785. The molecule has 0 fully saturated rings. The van der Waals surface area contributed by atoms with Crippen molar-refractivity contribution in [3.63, 3.8) is 0 Å². The van der Waals surface area contributed by atoms with E-state index in [1.54, 1.807) is 0 Å². The maximum atomic E-state index is 3.19. The van der Waals surface area contributed by atoms with Crippen molar-refractivity contribution in [2.75, 3.05) is 25.5 Å². The highest BCUT2D eigenvalue weighted by Crippen LogP contribution is 2.16. The van der Waals surface area contributed by atoms with Gasteiger partial charge in [0.05, 0.1) is 0 Å². The van der Waals surface area contributed by atoms with Gasteiger partial charge >= 0.3 is 0 Å². The van der Waals surface area contributed by atoms with Crippen LogP contribution in [0.25, 0.3) is 0 Å². The smallest absolute Gasteiger partial charge is 0.0382 e. The first-order chi connectivity index (χ1) is 6.65. The number of nitrogens with zero attached hydrogens (tertiary/aromatic N) is 1. The maximum absolute atomic E-state index is 3.19. The van der Waals surface area contributed by atoms with E-state index in [0.29, 0.717) is 6.04 Å². The van der Waals surface area contributed by atoms with Gasteiger partial charge in [-0.3, -0.25) is 0 Å². The Labute approximate surface area is 86.9 Å². The van der Waals surface area contributed by atoms with Crippen molar-refractivity contribution in [1.82, 2.24) is 5.32 Å². The molecule has 0 saturated carbocycles. The summed E-state index contributed by atoms with van der Waals surface area (Å²) in [6.45, 7) is 5.35. The fraction of sp³-hybridized carbons (Fsp3) is 0.500. The Balaban J connectivity index is 2.73. The van der Waals surface area contributed by atoms with E-state index in [9.17, 15) is 0 Å². The topological polar surface area (TPSA) is 15.3 Å². The van der Waals surface area contributed by atoms with Crippen LogP contribution in [-0.2, 0) is 0 Å². The van der Waals surface area contributed by atoms with Crippen molar-refractivity contribution < 1.29 is 0 Å². The Bertz CT molecular complexity index is 283. The molecule has 2 heteroatoms. The third kappa shape index (κ3) is 2.74. The van der Waals surface area contributed by atoms with Gasteiger partial charge in [-0.1, -0.05) is 12.1 Å². The number of aryl methyl sites for hydroxylation is 1. The second-order valence-electron chi connectivity index (χ2n) is 3.86. The summed E-state index contributed by atoms with van der Waals surface area (Å²) in [5.74, 6) is 0. The van der Waals surface area contributed by atoms with E-state index in [1.807, 2.05) is 7.05 Å². The predicted octanol–water partition coefficient (Wildman–Crippen LogP) is 2.04. The van der Waals surface area contributed by atoms with Crippen LogP contribution in [0.15, 0.2) is 24.3 Å². The minimum absolute atomic E-state index is 0.516. The summed E-state index contributed by atoms with van der Waals surface area (Å²) in [5.41, 5.74) is 2.60. The zero-order valence-corrected chi connectivity index (χ0v) is 9.54. The normalized spacial score (nSPS) is 12.6. The second-order valence-corrected chi connectivity index (χ2v) is 3.86. The number of rotatable bonds is 4. The van der Waals surface area contributed by atoms with E-state index in [2.05, 4.69) is 55.4 Å². The largest absolute Gasteiger partial charge is 0.371 e. The van der Waals surface area contributed by atoms with E-state index in [4.69, 9.17) is 0 Å². The van der Waals surface area contributed by atoms with Crippen LogP contribution < -0.4 is 10.2 Å². The van der Waals surface area contributed by atoms with Crippen LogP contribution in [0.1, 0.15) is 12.5 Å². The number of hydrogen-bond acceptors (Lipinski definition) is 2. The molecule has 1 N–H and O–H groups in total. The molecular formula is C12H20N2. The molecule has 14 heavy (non-hydrogen) atoms. The van der Waals surface area contributed by atoms with Gasteiger partial charge in [-0.05, 0) is 38.6 Å². The van der Waals surface area contributed by atoms with Crippen LogP contribution in [0, 0.1) is 6.92 Å². The SMILES string of the molecule is CNCC(C)N(C)c1cccc(C)c1. The average molecular weight is 192 g/mol. The Hall–Kier alpha value is -1.02. The lowest BCUT2D eigenvalue weighted by molar-refractivity contribution is 0.630. The van der Waals surface area contributed by atoms with Crippen LogP contribution >= 0.6 is 0 Å².